The molecule has 0 radical (unpaired) electrons. The monoisotopic (exact) mass is 522 g/mol. The second-order valence-electron chi connectivity index (χ2n) is 10.9. The molecular weight excluding hydrogens is 484 g/mol. The fourth-order valence-corrected chi connectivity index (χ4v) is 6.21. The SMILES string of the molecule is CN1CC(=O)N2C(CN(Cc3nccn3C)C(=O)[C@@H]2Cc2ccc(O)cc2)N1C(=O)CCC1CCCCC1. The third-order valence-corrected chi connectivity index (χ3v) is 8.30. The lowest BCUT2D eigenvalue weighted by molar-refractivity contribution is -0.203. The summed E-state index contributed by atoms with van der Waals surface area (Å²) in [6.45, 7) is 0.564. The third-order valence-electron chi connectivity index (χ3n) is 8.30. The average Bonchev–Trinajstić information content (AvgIpc) is 3.31. The molecule has 0 bridgehead atoms. The predicted octanol–water partition coefficient (Wildman–Crippen LogP) is 2.28. The summed E-state index contributed by atoms with van der Waals surface area (Å²) in [6.07, 6.45) is 10.6. The standard InChI is InChI=1S/C28H38N6O4/c1-30-15-14-29-24(30)17-32-18-25-33(23(28(32)38)16-21-8-11-22(35)12-9-21)27(37)19-31(2)34(25)26(36)13-10-20-6-4-3-5-7-20/h8-9,11-12,14-15,20,23,25,35H,3-7,10,13,16-19H2,1-2H3/t23-,25?/m0/s1. The van der Waals surface area contributed by atoms with Crippen LogP contribution in [-0.2, 0) is 34.4 Å². The number of hydrazine groups is 1. The van der Waals surface area contributed by atoms with Gasteiger partial charge in [-0.1, -0.05) is 44.2 Å². The Kier molecular flexibility index (Phi) is 7.69. The van der Waals surface area contributed by atoms with E-state index >= 15 is 0 Å². The number of benzene rings is 1. The lowest BCUT2D eigenvalue weighted by atomic mass is 9.86. The van der Waals surface area contributed by atoms with Gasteiger partial charge in [-0.3, -0.25) is 19.4 Å². The van der Waals surface area contributed by atoms with Crippen LogP contribution in [0.1, 0.15) is 56.3 Å². The van der Waals surface area contributed by atoms with E-state index in [1.54, 1.807) is 57.3 Å². The second-order valence-corrected chi connectivity index (χ2v) is 10.9. The molecule has 10 nitrogen and oxygen atoms in total. The smallest absolute Gasteiger partial charge is 0.246 e. The van der Waals surface area contributed by atoms with Crippen LogP contribution in [0.4, 0.5) is 0 Å². The summed E-state index contributed by atoms with van der Waals surface area (Å²) in [4.78, 5) is 48.7. The minimum absolute atomic E-state index is 0.00440. The molecule has 1 unspecified atom stereocenters. The summed E-state index contributed by atoms with van der Waals surface area (Å²) >= 11 is 0. The Morgan fingerprint density at radius 3 is 2.50 bits per heavy atom. The molecule has 1 aliphatic carbocycles. The molecule has 1 aromatic heterocycles. The number of phenolic OH excluding ortho intramolecular Hbond substituents is 1. The van der Waals surface area contributed by atoms with Gasteiger partial charge in [0.15, 0.2) is 0 Å². The summed E-state index contributed by atoms with van der Waals surface area (Å²) in [5.41, 5.74) is 0.834. The number of nitrogens with zero attached hydrogens (tertiary/aromatic N) is 6. The van der Waals surface area contributed by atoms with Crippen LogP contribution in [0.3, 0.4) is 0 Å². The minimum Gasteiger partial charge on any atom is -0.508 e. The third kappa shape index (κ3) is 5.41. The van der Waals surface area contributed by atoms with Crippen molar-refractivity contribution in [1.29, 1.82) is 0 Å². The fraction of sp³-hybridized carbons (Fsp3) is 0.571. The number of phenols is 1. The second kappa shape index (κ2) is 11.1. The van der Waals surface area contributed by atoms with Crippen LogP contribution in [0, 0.1) is 5.92 Å². The van der Waals surface area contributed by atoms with E-state index in [-0.39, 0.29) is 36.6 Å². The number of fused-ring (bicyclic) bond motifs is 1. The number of aromatic hydroxyl groups is 1. The average molecular weight is 523 g/mol. The maximum absolute atomic E-state index is 13.9. The Labute approximate surface area is 223 Å². The lowest BCUT2D eigenvalue weighted by Crippen LogP contribution is -2.75. The van der Waals surface area contributed by atoms with Crippen molar-refractivity contribution >= 4 is 17.7 Å². The number of hydrogen-bond donors (Lipinski definition) is 1. The van der Waals surface area contributed by atoms with Crippen LogP contribution in [0.25, 0.3) is 0 Å². The zero-order chi connectivity index (χ0) is 26.8. The zero-order valence-electron chi connectivity index (χ0n) is 22.3. The van der Waals surface area contributed by atoms with Crippen molar-refractivity contribution in [3.8, 4) is 5.75 Å². The number of aromatic nitrogens is 2. The van der Waals surface area contributed by atoms with Crippen molar-refractivity contribution in [1.82, 2.24) is 29.4 Å². The van der Waals surface area contributed by atoms with E-state index in [2.05, 4.69) is 4.98 Å². The number of carbonyl (C=O) groups excluding carboxylic acids is 3. The Morgan fingerprint density at radius 1 is 1.08 bits per heavy atom. The molecule has 1 saturated carbocycles. The van der Waals surface area contributed by atoms with Crippen LogP contribution >= 0.6 is 0 Å². The van der Waals surface area contributed by atoms with Crippen LogP contribution in [0.5, 0.6) is 5.75 Å². The number of likely N-dealkylation sites (N-methyl/N-ethyl adjacent to an activating group) is 1. The van der Waals surface area contributed by atoms with Crippen LogP contribution < -0.4 is 0 Å². The number of amides is 3. The van der Waals surface area contributed by atoms with Gasteiger partial charge in [0.05, 0.1) is 19.6 Å². The van der Waals surface area contributed by atoms with Crippen molar-refractivity contribution in [2.75, 3.05) is 20.1 Å². The molecule has 5 rings (SSSR count). The van der Waals surface area contributed by atoms with Crippen molar-refractivity contribution in [3.05, 3.63) is 48.0 Å². The van der Waals surface area contributed by atoms with Gasteiger partial charge in [-0.2, -0.15) is 0 Å². The van der Waals surface area contributed by atoms with Crippen LogP contribution in [0.15, 0.2) is 36.7 Å². The normalized spacial score (nSPS) is 23.2. The molecule has 1 N–H and O–H groups in total. The van der Waals surface area contributed by atoms with E-state index in [9.17, 15) is 19.5 Å². The number of hydrogen-bond acceptors (Lipinski definition) is 6. The largest absolute Gasteiger partial charge is 0.508 e. The minimum atomic E-state index is -0.756. The molecule has 38 heavy (non-hydrogen) atoms. The quantitative estimate of drug-likeness (QED) is 0.599. The van der Waals surface area contributed by atoms with E-state index in [0.717, 1.165) is 17.8 Å². The molecule has 0 spiro atoms. The summed E-state index contributed by atoms with van der Waals surface area (Å²) in [6, 6.07) is 5.94. The highest BCUT2D eigenvalue weighted by atomic mass is 16.3. The summed E-state index contributed by atoms with van der Waals surface area (Å²) in [7, 11) is 3.66. The number of aryl methyl sites for hydroxylation is 1. The van der Waals surface area contributed by atoms with Gasteiger partial charge in [-0.15, -0.1) is 0 Å². The Morgan fingerprint density at radius 2 is 1.82 bits per heavy atom. The maximum atomic E-state index is 13.9. The molecule has 2 aliphatic heterocycles. The van der Waals surface area contributed by atoms with Gasteiger partial charge in [0.2, 0.25) is 17.7 Å². The maximum Gasteiger partial charge on any atom is 0.246 e. The van der Waals surface area contributed by atoms with Crippen LogP contribution in [0.2, 0.25) is 0 Å². The highest BCUT2D eigenvalue weighted by Crippen LogP contribution is 2.31. The Bertz CT molecular complexity index is 1160. The van der Waals surface area contributed by atoms with E-state index < -0.39 is 12.2 Å². The first-order valence-electron chi connectivity index (χ1n) is 13.7. The molecule has 3 aliphatic rings. The molecule has 204 valence electrons. The molecular formula is C28H38N6O4. The van der Waals surface area contributed by atoms with Crippen molar-refractivity contribution in [2.45, 2.75) is 70.1 Å². The van der Waals surface area contributed by atoms with E-state index in [1.165, 1.54) is 32.1 Å². The van der Waals surface area contributed by atoms with Crippen molar-refractivity contribution in [3.63, 3.8) is 0 Å². The van der Waals surface area contributed by atoms with Crippen molar-refractivity contribution in [2.24, 2.45) is 13.0 Å². The molecule has 3 heterocycles. The van der Waals surface area contributed by atoms with E-state index in [4.69, 9.17) is 0 Å². The van der Waals surface area contributed by atoms with Gasteiger partial charge < -0.3 is 19.5 Å². The Balaban J connectivity index is 1.42. The predicted molar refractivity (Wildman–Crippen MR) is 140 cm³/mol. The highest BCUT2D eigenvalue weighted by molar-refractivity contribution is 5.91. The summed E-state index contributed by atoms with van der Waals surface area (Å²) in [5.74, 6) is 1.13. The van der Waals surface area contributed by atoms with Gasteiger partial charge in [-0.05, 0) is 30.0 Å². The first-order chi connectivity index (χ1) is 18.3. The molecule has 2 saturated heterocycles. The van der Waals surface area contributed by atoms with Gasteiger partial charge in [0, 0.05) is 39.3 Å². The van der Waals surface area contributed by atoms with Gasteiger partial charge in [-0.25, -0.2) is 9.99 Å². The molecule has 10 heteroatoms. The number of imidazole rings is 1. The first-order valence-corrected chi connectivity index (χ1v) is 13.7. The molecule has 1 aromatic carbocycles. The van der Waals surface area contributed by atoms with E-state index in [1.807, 2.05) is 17.8 Å². The van der Waals surface area contributed by atoms with E-state index in [0.29, 0.717) is 25.3 Å². The molecule has 2 atom stereocenters. The molecule has 3 fully saturated rings. The molecule has 2 aromatic rings. The van der Waals surface area contributed by atoms with Gasteiger partial charge >= 0.3 is 0 Å². The number of carbonyl (C=O) groups is 3. The highest BCUT2D eigenvalue weighted by Gasteiger charge is 2.50. The first kappa shape index (κ1) is 26.2. The van der Waals surface area contributed by atoms with Gasteiger partial charge in [0.1, 0.15) is 23.8 Å². The van der Waals surface area contributed by atoms with Crippen molar-refractivity contribution < 1.29 is 19.5 Å². The number of piperazine rings is 1. The van der Waals surface area contributed by atoms with Gasteiger partial charge in [0.25, 0.3) is 0 Å². The topological polar surface area (TPSA) is 102 Å². The Hall–Kier alpha value is -3.40. The summed E-state index contributed by atoms with van der Waals surface area (Å²) < 4.78 is 1.87. The lowest BCUT2D eigenvalue weighted by Gasteiger charge is -2.54. The number of rotatable bonds is 7. The van der Waals surface area contributed by atoms with Crippen LogP contribution in [-0.4, -0.2) is 84.5 Å². The zero-order valence-corrected chi connectivity index (χ0v) is 22.3. The fourth-order valence-electron chi connectivity index (χ4n) is 6.21. The summed E-state index contributed by atoms with van der Waals surface area (Å²) in [5, 5.41) is 13.2. The molecule has 3 amide bonds.